The predicted octanol–water partition coefficient (Wildman–Crippen LogP) is 2.31. The first-order valence-electron chi connectivity index (χ1n) is 5.79. The smallest absolute Gasteiger partial charge is 0.198 e. The van der Waals surface area contributed by atoms with E-state index in [1.165, 1.54) is 0 Å². The Hall–Kier alpha value is -1.52. The molecule has 0 aliphatic rings. The summed E-state index contributed by atoms with van der Waals surface area (Å²) in [5.74, 6) is 0.138. The molecule has 18 heavy (non-hydrogen) atoms. The molecule has 2 rings (SSSR count). The Balaban J connectivity index is 2.63. The molecule has 0 radical (unpaired) electrons. The lowest BCUT2D eigenvalue weighted by Crippen LogP contribution is -2.26. The molecule has 0 saturated carbocycles. The van der Waals surface area contributed by atoms with Crippen molar-refractivity contribution >= 4 is 28.5 Å². The summed E-state index contributed by atoms with van der Waals surface area (Å²) in [4.78, 5) is 12.3. The minimum Gasteiger partial charge on any atom is -0.440 e. The van der Waals surface area contributed by atoms with Crippen LogP contribution in [0.5, 0.6) is 0 Å². The van der Waals surface area contributed by atoms with Crippen LogP contribution in [-0.2, 0) is 6.42 Å². The van der Waals surface area contributed by atoms with Crippen molar-refractivity contribution in [3.05, 3.63) is 39.0 Å². The number of hydrogen-bond acceptors (Lipinski definition) is 4. The second-order valence-corrected chi connectivity index (χ2v) is 4.72. The number of nitrogens with two attached hydrogens (primary N) is 2. The van der Waals surface area contributed by atoms with Gasteiger partial charge in [-0.25, -0.2) is 0 Å². The van der Waals surface area contributed by atoms with Crippen LogP contribution in [0.25, 0.3) is 11.0 Å². The molecule has 0 bridgehead atoms. The van der Waals surface area contributed by atoms with Gasteiger partial charge in [0.05, 0.1) is 10.9 Å². The van der Waals surface area contributed by atoms with Crippen molar-refractivity contribution in [1.82, 2.24) is 0 Å². The molecule has 1 unspecified atom stereocenters. The summed E-state index contributed by atoms with van der Waals surface area (Å²) in [7, 11) is 0. The molecule has 0 aliphatic carbocycles. The van der Waals surface area contributed by atoms with Gasteiger partial charge in [0.1, 0.15) is 5.58 Å². The normalized spacial score (nSPS) is 12.8. The third-order valence-corrected chi connectivity index (χ3v) is 3.20. The minimum atomic E-state index is -0.153. The molecule has 2 aromatic rings. The molecule has 5 heteroatoms. The second kappa shape index (κ2) is 5.00. The summed E-state index contributed by atoms with van der Waals surface area (Å²) in [5.41, 5.74) is 12.3. The van der Waals surface area contributed by atoms with Crippen molar-refractivity contribution < 1.29 is 4.42 Å². The van der Waals surface area contributed by atoms with Crippen molar-refractivity contribution in [3.63, 3.8) is 0 Å². The predicted molar refractivity (Wildman–Crippen MR) is 73.9 cm³/mol. The fourth-order valence-corrected chi connectivity index (χ4v) is 2.00. The van der Waals surface area contributed by atoms with Crippen LogP contribution >= 0.6 is 11.6 Å². The molecule has 1 aromatic heterocycles. The molecule has 4 nitrogen and oxygen atoms in total. The lowest BCUT2D eigenvalue weighted by molar-refractivity contribution is 0.593. The van der Waals surface area contributed by atoms with E-state index in [4.69, 9.17) is 27.5 Å². The molecule has 4 N–H and O–H groups in total. The Morgan fingerprint density at radius 1 is 1.44 bits per heavy atom. The third kappa shape index (κ3) is 2.35. The number of hydrogen-bond donors (Lipinski definition) is 2. The van der Waals surface area contributed by atoms with Gasteiger partial charge in [-0.2, -0.15) is 0 Å². The number of rotatable bonds is 3. The van der Waals surface area contributed by atoms with Crippen LogP contribution in [-0.4, -0.2) is 6.04 Å². The minimum absolute atomic E-state index is 0.105. The van der Waals surface area contributed by atoms with Crippen LogP contribution < -0.4 is 16.9 Å². The molecule has 0 saturated heterocycles. The van der Waals surface area contributed by atoms with Gasteiger partial charge in [-0.15, -0.1) is 0 Å². The van der Waals surface area contributed by atoms with E-state index < -0.39 is 0 Å². The number of nitrogen functional groups attached to an aromatic ring is 1. The van der Waals surface area contributed by atoms with Crippen molar-refractivity contribution in [1.29, 1.82) is 0 Å². The van der Waals surface area contributed by atoms with E-state index in [1.54, 1.807) is 18.2 Å². The van der Waals surface area contributed by atoms with Gasteiger partial charge in [0, 0.05) is 11.1 Å². The number of benzene rings is 1. The fraction of sp³-hybridized carbons (Fsp3) is 0.308. The van der Waals surface area contributed by atoms with Gasteiger partial charge in [0.25, 0.3) is 0 Å². The molecule has 1 heterocycles. The summed E-state index contributed by atoms with van der Waals surface area (Å²) >= 11 is 5.88. The number of fused-ring (bicyclic) bond motifs is 1. The van der Waals surface area contributed by atoms with Gasteiger partial charge in [0.15, 0.2) is 11.3 Å². The highest BCUT2D eigenvalue weighted by atomic mass is 35.5. The summed E-state index contributed by atoms with van der Waals surface area (Å²) in [6.07, 6.45) is 1.18. The fourth-order valence-electron chi connectivity index (χ4n) is 1.82. The lowest BCUT2D eigenvalue weighted by atomic mass is 10.0. The number of anilines is 1. The van der Waals surface area contributed by atoms with Crippen molar-refractivity contribution in [3.8, 4) is 0 Å². The maximum Gasteiger partial charge on any atom is 0.198 e. The molecular formula is C13H15ClN2O2. The highest BCUT2D eigenvalue weighted by molar-refractivity contribution is 6.31. The largest absolute Gasteiger partial charge is 0.440 e. The average molecular weight is 267 g/mol. The maximum atomic E-state index is 12.3. The van der Waals surface area contributed by atoms with Crippen molar-refractivity contribution in [2.75, 3.05) is 5.73 Å². The van der Waals surface area contributed by atoms with Crippen LogP contribution in [0.15, 0.2) is 27.4 Å². The Morgan fingerprint density at radius 2 is 2.17 bits per heavy atom. The number of halogens is 1. The van der Waals surface area contributed by atoms with E-state index in [2.05, 4.69) is 0 Å². The Labute approximate surface area is 110 Å². The average Bonchev–Trinajstić information content (AvgIpc) is 2.35. The van der Waals surface area contributed by atoms with Crippen molar-refractivity contribution in [2.45, 2.75) is 25.8 Å². The Morgan fingerprint density at radius 3 is 2.83 bits per heavy atom. The molecule has 0 amide bonds. The summed E-state index contributed by atoms with van der Waals surface area (Å²) in [6.45, 7) is 1.96. The topological polar surface area (TPSA) is 82.2 Å². The van der Waals surface area contributed by atoms with Gasteiger partial charge in [0.2, 0.25) is 0 Å². The van der Waals surface area contributed by atoms with E-state index in [-0.39, 0.29) is 17.4 Å². The monoisotopic (exact) mass is 266 g/mol. The first kappa shape index (κ1) is 12.9. The molecule has 0 aliphatic heterocycles. The zero-order valence-electron chi connectivity index (χ0n) is 10.1. The maximum absolute atomic E-state index is 12.3. The molecule has 0 fully saturated rings. The third-order valence-electron chi connectivity index (χ3n) is 2.97. The second-order valence-electron chi connectivity index (χ2n) is 4.29. The van der Waals surface area contributed by atoms with Crippen LogP contribution in [0.4, 0.5) is 5.88 Å². The van der Waals surface area contributed by atoms with Crippen LogP contribution in [0.2, 0.25) is 5.02 Å². The Bertz CT molecular complexity index is 637. The van der Waals surface area contributed by atoms with Crippen LogP contribution in [0, 0.1) is 0 Å². The first-order chi connectivity index (χ1) is 8.52. The highest BCUT2D eigenvalue weighted by Gasteiger charge is 2.14. The van der Waals surface area contributed by atoms with Crippen LogP contribution in [0.3, 0.4) is 0 Å². The zero-order chi connectivity index (χ0) is 13.3. The standard InChI is InChI=1S/C13H15ClN2O2/c1-2-8(15)6-10-12(17)9-5-7(14)3-4-11(9)18-13(10)16/h3-5,8H,2,6,15-16H2,1H3. The molecule has 1 aromatic carbocycles. The first-order valence-corrected chi connectivity index (χ1v) is 6.17. The van der Waals surface area contributed by atoms with E-state index in [1.807, 2.05) is 6.92 Å². The SMILES string of the molecule is CCC(N)Cc1c(N)oc2ccc(Cl)cc2c1=O. The van der Waals surface area contributed by atoms with Gasteiger partial charge in [-0.1, -0.05) is 18.5 Å². The summed E-state index contributed by atoms with van der Waals surface area (Å²) < 4.78 is 5.44. The quantitative estimate of drug-likeness (QED) is 0.893. The Kier molecular flexibility index (Phi) is 3.59. The highest BCUT2D eigenvalue weighted by Crippen LogP contribution is 2.21. The lowest BCUT2D eigenvalue weighted by Gasteiger charge is -2.10. The van der Waals surface area contributed by atoms with Gasteiger partial charge < -0.3 is 15.9 Å². The van der Waals surface area contributed by atoms with E-state index in [0.717, 1.165) is 6.42 Å². The van der Waals surface area contributed by atoms with Crippen molar-refractivity contribution in [2.24, 2.45) is 5.73 Å². The van der Waals surface area contributed by atoms with E-state index >= 15 is 0 Å². The van der Waals surface area contributed by atoms with Gasteiger partial charge >= 0.3 is 0 Å². The molecule has 96 valence electrons. The van der Waals surface area contributed by atoms with Crippen LogP contribution in [0.1, 0.15) is 18.9 Å². The van der Waals surface area contributed by atoms with Gasteiger partial charge in [-0.3, -0.25) is 4.79 Å². The molecular weight excluding hydrogens is 252 g/mol. The summed E-state index contributed by atoms with van der Waals surface area (Å²) in [6, 6.07) is 4.78. The van der Waals surface area contributed by atoms with Gasteiger partial charge in [-0.05, 0) is 31.0 Å². The zero-order valence-corrected chi connectivity index (χ0v) is 10.8. The molecule has 1 atom stereocenters. The van der Waals surface area contributed by atoms with E-state index in [0.29, 0.717) is 28.0 Å². The van der Waals surface area contributed by atoms with E-state index in [9.17, 15) is 4.79 Å². The molecule has 0 spiro atoms. The summed E-state index contributed by atoms with van der Waals surface area (Å²) in [5, 5.41) is 0.931.